The third-order valence-electron chi connectivity index (χ3n) is 4.91. The van der Waals surface area contributed by atoms with Gasteiger partial charge in [-0.1, -0.05) is 60.1 Å². The zero-order valence-corrected chi connectivity index (χ0v) is 17.6. The van der Waals surface area contributed by atoms with Gasteiger partial charge in [-0.2, -0.15) is 0 Å². The van der Waals surface area contributed by atoms with Gasteiger partial charge in [-0.05, 0) is 30.3 Å². The average Bonchev–Trinajstić information content (AvgIpc) is 2.89. The van der Waals surface area contributed by atoms with Crippen molar-refractivity contribution in [3.8, 4) is 0 Å². The van der Waals surface area contributed by atoms with Gasteiger partial charge in [-0.25, -0.2) is 8.42 Å². The number of benzodiazepines with no additional fused rings is 1. The minimum absolute atomic E-state index is 0.0300. The van der Waals surface area contributed by atoms with Gasteiger partial charge in [0.25, 0.3) is 0 Å². The third-order valence-corrected chi connectivity index (χ3v) is 6.86. The third kappa shape index (κ3) is 4.15. The van der Waals surface area contributed by atoms with E-state index in [-0.39, 0.29) is 29.6 Å². The highest BCUT2D eigenvalue weighted by molar-refractivity contribution is 7.91. The lowest BCUT2D eigenvalue weighted by Gasteiger charge is -2.23. The van der Waals surface area contributed by atoms with E-state index in [1.807, 2.05) is 30.3 Å². The molecular weight excluding hydrogens is 420 g/mol. The van der Waals surface area contributed by atoms with E-state index in [9.17, 15) is 13.2 Å². The van der Waals surface area contributed by atoms with Crippen LogP contribution in [0, 0.1) is 0 Å². The number of rotatable bonds is 5. The highest BCUT2D eigenvalue weighted by atomic mass is 35.5. The SMILES string of the molecule is O=C1CN=C(c2ccccc2)c2cc(Cl)ccc2N1CCS(=O)(=O)c1ccccc1. The van der Waals surface area contributed by atoms with Crippen LogP contribution in [0.15, 0.2) is 88.8 Å². The van der Waals surface area contributed by atoms with Crippen molar-refractivity contribution in [3.63, 3.8) is 0 Å². The number of nitrogens with zero attached hydrogens (tertiary/aromatic N) is 2. The second kappa shape index (κ2) is 8.42. The molecule has 0 unspecified atom stereocenters. The van der Waals surface area contributed by atoms with Crippen LogP contribution in [0.4, 0.5) is 5.69 Å². The molecule has 0 aromatic heterocycles. The van der Waals surface area contributed by atoms with E-state index in [1.165, 1.54) is 4.90 Å². The maximum absolute atomic E-state index is 12.9. The lowest BCUT2D eigenvalue weighted by Crippen LogP contribution is -2.36. The molecule has 152 valence electrons. The summed E-state index contributed by atoms with van der Waals surface area (Å²) in [5.74, 6) is -0.446. The summed E-state index contributed by atoms with van der Waals surface area (Å²) in [6.45, 7) is -0.0375. The normalized spacial score (nSPS) is 14.1. The lowest BCUT2D eigenvalue weighted by atomic mass is 10.0. The molecule has 30 heavy (non-hydrogen) atoms. The fourth-order valence-corrected chi connectivity index (χ4v) is 4.83. The first-order chi connectivity index (χ1) is 14.5. The minimum atomic E-state index is -3.53. The summed E-state index contributed by atoms with van der Waals surface area (Å²) in [6.07, 6.45) is 0. The van der Waals surface area contributed by atoms with Crippen LogP contribution in [0.1, 0.15) is 11.1 Å². The summed E-state index contributed by atoms with van der Waals surface area (Å²) < 4.78 is 25.5. The van der Waals surface area contributed by atoms with Gasteiger partial charge in [-0.3, -0.25) is 9.79 Å². The van der Waals surface area contributed by atoms with E-state index in [2.05, 4.69) is 4.99 Å². The van der Waals surface area contributed by atoms with Gasteiger partial charge in [0.1, 0.15) is 6.54 Å². The Balaban J connectivity index is 1.70. The number of carbonyl (C=O) groups is 1. The molecule has 0 atom stereocenters. The Bertz CT molecular complexity index is 1210. The van der Waals surface area contributed by atoms with Crippen LogP contribution in [-0.4, -0.2) is 38.9 Å². The molecule has 0 radical (unpaired) electrons. The number of aliphatic imine (C=N–C) groups is 1. The number of carbonyl (C=O) groups excluding carboxylic acids is 1. The lowest BCUT2D eigenvalue weighted by molar-refractivity contribution is -0.117. The van der Waals surface area contributed by atoms with Crippen molar-refractivity contribution in [2.45, 2.75) is 4.90 Å². The molecule has 3 aromatic rings. The van der Waals surface area contributed by atoms with Gasteiger partial charge in [-0.15, -0.1) is 0 Å². The predicted molar refractivity (Wildman–Crippen MR) is 119 cm³/mol. The van der Waals surface area contributed by atoms with Crippen LogP contribution in [0.3, 0.4) is 0 Å². The van der Waals surface area contributed by atoms with Crippen molar-refractivity contribution in [1.29, 1.82) is 0 Å². The number of amides is 1. The van der Waals surface area contributed by atoms with E-state index in [1.54, 1.807) is 48.5 Å². The second-order valence-corrected chi connectivity index (χ2v) is 9.42. The Hall–Kier alpha value is -2.96. The van der Waals surface area contributed by atoms with Crippen molar-refractivity contribution in [1.82, 2.24) is 0 Å². The van der Waals surface area contributed by atoms with E-state index < -0.39 is 9.84 Å². The first-order valence-corrected chi connectivity index (χ1v) is 11.5. The number of sulfone groups is 1. The Labute approximate surface area is 180 Å². The summed E-state index contributed by atoms with van der Waals surface area (Å²) in [4.78, 5) is 19.1. The molecule has 0 fully saturated rings. The van der Waals surface area contributed by atoms with Crippen LogP contribution in [0.2, 0.25) is 5.02 Å². The van der Waals surface area contributed by atoms with Gasteiger partial charge in [0, 0.05) is 22.7 Å². The largest absolute Gasteiger partial charge is 0.309 e. The molecule has 0 bridgehead atoms. The molecule has 0 spiro atoms. The standard InChI is InChI=1S/C23H19ClN2O3S/c24-18-11-12-21-20(15-18)23(17-7-3-1-4-8-17)25-16-22(27)26(21)13-14-30(28,29)19-9-5-2-6-10-19/h1-12,15H,13-14,16H2. The maximum Gasteiger partial charge on any atom is 0.248 e. The molecule has 5 nitrogen and oxygen atoms in total. The molecule has 1 aliphatic heterocycles. The van der Waals surface area contributed by atoms with Crippen molar-refractivity contribution < 1.29 is 13.2 Å². The molecule has 0 aliphatic carbocycles. The first-order valence-electron chi connectivity index (χ1n) is 9.44. The Morgan fingerprint density at radius 2 is 1.60 bits per heavy atom. The van der Waals surface area contributed by atoms with Crippen molar-refractivity contribution in [2.24, 2.45) is 4.99 Å². The van der Waals surface area contributed by atoms with Gasteiger partial charge < -0.3 is 4.90 Å². The smallest absolute Gasteiger partial charge is 0.248 e. The molecule has 0 N–H and O–H groups in total. The monoisotopic (exact) mass is 438 g/mol. The van der Waals surface area contributed by atoms with E-state index in [0.29, 0.717) is 22.0 Å². The quantitative estimate of drug-likeness (QED) is 0.604. The van der Waals surface area contributed by atoms with Crippen LogP contribution in [0.5, 0.6) is 0 Å². The summed E-state index contributed by atoms with van der Waals surface area (Å²) in [5, 5.41) is 0.517. The fraction of sp³-hybridized carbons (Fsp3) is 0.130. The Kier molecular flexibility index (Phi) is 5.70. The summed E-state index contributed by atoms with van der Waals surface area (Å²) in [6, 6.07) is 23.0. The van der Waals surface area contributed by atoms with E-state index in [0.717, 1.165) is 5.56 Å². The number of benzene rings is 3. The van der Waals surface area contributed by atoms with Crippen LogP contribution >= 0.6 is 11.6 Å². The Morgan fingerprint density at radius 1 is 0.933 bits per heavy atom. The maximum atomic E-state index is 12.9. The summed E-state index contributed by atoms with van der Waals surface area (Å²) in [5.41, 5.74) is 2.84. The summed E-state index contributed by atoms with van der Waals surface area (Å²) >= 11 is 6.24. The van der Waals surface area contributed by atoms with Crippen LogP contribution < -0.4 is 4.90 Å². The van der Waals surface area contributed by atoms with Gasteiger partial charge in [0.15, 0.2) is 9.84 Å². The number of fused-ring (bicyclic) bond motifs is 1. The van der Waals surface area contributed by atoms with Crippen LogP contribution in [0.25, 0.3) is 0 Å². The van der Waals surface area contributed by atoms with E-state index in [4.69, 9.17) is 11.6 Å². The fourth-order valence-electron chi connectivity index (χ4n) is 3.43. The topological polar surface area (TPSA) is 66.8 Å². The molecule has 4 rings (SSSR count). The van der Waals surface area contributed by atoms with Gasteiger partial charge >= 0.3 is 0 Å². The first kappa shape index (κ1) is 20.3. The molecule has 1 aliphatic rings. The molecule has 1 heterocycles. The number of hydrogen-bond acceptors (Lipinski definition) is 4. The Morgan fingerprint density at radius 3 is 2.30 bits per heavy atom. The highest BCUT2D eigenvalue weighted by Gasteiger charge is 2.27. The van der Waals surface area contributed by atoms with E-state index >= 15 is 0 Å². The van der Waals surface area contributed by atoms with Crippen molar-refractivity contribution in [3.05, 3.63) is 95.0 Å². The van der Waals surface area contributed by atoms with Gasteiger partial charge in [0.2, 0.25) is 5.91 Å². The van der Waals surface area contributed by atoms with Gasteiger partial charge in [0.05, 0.1) is 22.0 Å². The number of halogens is 1. The summed E-state index contributed by atoms with van der Waals surface area (Å²) in [7, 11) is -3.53. The molecule has 0 saturated carbocycles. The van der Waals surface area contributed by atoms with Crippen molar-refractivity contribution >= 4 is 38.7 Å². The molecule has 1 amide bonds. The number of hydrogen-bond donors (Lipinski definition) is 0. The zero-order chi connectivity index (χ0) is 21.1. The molecule has 0 saturated heterocycles. The zero-order valence-electron chi connectivity index (χ0n) is 16.0. The second-order valence-electron chi connectivity index (χ2n) is 6.87. The molecule has 7 heteroatoms. The predicted octanol–water partition coefficient (Wildman–Crippen LogP) is 4.00. The van der Waals surface area contributed by atoms with Crippen LogP contribution in [-0.2, 0) is 14.6 Å². The van der Waals surface area contributed by atoms with Crippen molar-refractivity contribution in [2.75, 3.05) is 23.7 Å². The number of anilines is 1. The minimum Gasteiger partial charge on any atom is -0.309 e. The highest BCUT2D eigenvalue weighted by Crippen LogP contribution is 2.30. The molecular formula is C23H19ClN2O3S. The molecule has 3 aromatic carbocycles. The average molecular weight is 439 g/mol.